The largest absolute Gasteiger partial charge is 0.399 e. The van der Waals surface area contributed by atoms with Gasteiger partial charge in [-0.1, -0.05) is 41.9 Å². The Bertz CT molecular complexity index is 599. The van der Waals surface area contributed by atoms with E-state index in [1.54, 1.807) is 0 Å². The first-order chi connectivity index (χ1) is 9.65. The highest BCUT2D eigenvalue weighted by Crippen LogP contribution is 2.14. The van der Waals surface area contributed by atoms with E-state index in [0.29, 0.717) is 24.4 Å². The summed E-state index contributed by atoms with van der Waals surface area (Å²) in [6.07, 6.45) is 1.12. The zero-order chi connectivity index (χ0) is 14.4. The lowest BCUT2D eigenvalue weighted by Gasteiger charge is -2.07. The maximum absolute atomic E-state index is 11.8. The van der Waals surface area contributed by atoms with E-state index >= 15 is 0 Å². The first-order valence-corrected chi connectivity index (χ1v) is 6.87. The number of amides is 1. The fraction of sp³-hybridized carbons (Fsp3) is 0.188. The Morgan fingerprint density at radius 2 is 1.95 bits per heavy atom. The second kappa shape index (κ2) is 6.96. The standard InChI is InChI=1S/C16H17ClN2O/c17-15-7-2-1-5-13(15)11-19-16(20)9-8-12-4-3-6-14(18)10-12/h1-7,10H,8-9,11,18H2,(H,19,20). The first-order valence-electron chi connectivity index (χ1n) is 6.49. The van der Waals surface area contributed by atoms with Crippen molar-refractivity contribution in [2.75, 3.05) is 5.73 Å². The number of benzene rings is 2. The third-order valence-electron chi connectivity index (χ3n) is 3.03. The number of carbonyl (C=O) groups excluding carboxylic acids is 1. The Morgan fingerprint density at radius 3 is 2.70 bits per heavy atom. The lowest BCUT2D eigenvalue weighted by Crippen LogP contribution is -2.23. The van der Waals surface area contributed by atoms with Crippen molar-refractivity contribution in [3.8, 4) is 0 Å². The molecule has 2 aromatic rings. The van der Waals surface area contributed by atoms with Gasteiger partial charge in [-0.15, -0.1) is 0 Å². The number of nitrogen functional groups attached to an aromatic ring is 1. The van der Waals surface area contributed by atoms with Crippen molar-refractivity contribution in [1.29, 1.82) is 0 Å². The van der Waals surface area contributed by atoms with Crippen LogP contribution in [0.4, 0.5) is 5.69 Å². The van der Waals surface area contributed by atoms with E-state index in [-0.39, 0.29) is 5.91 Å². The summed E-state index contributed by atoms with van der Waals surface area (Å²) in [5.74, 6) is 0.00680. The Kier molecular flexibility index (Phi) is 5.02. The number of rotatable bonds is 5. The maximum atomic E-state index is 11.8. The smallest absolute Gasteiger partial charge is 0.220 e. The van der Waals surface area contributed by atoms with Gasteiger partial charge in [0.2, 0.25) is 5.91 Å². The van der Waals surface area contributed by atoms with E-state index in [1.165, 1.54) is 0 Å². The molecule has 0 aliphatic rings. The summed E-state index contributed by atoms with van der Waals surface area (Å²) in [6, 6.07) is 15.1. The van der Waals surface area contributed by atoms with E-state index in [4.69, 9.17) is 17.3 Å². The molecule has 20 heavy (non-hydrogen) atoms. The third kappa shape index (κ3) is 4.28. The Morgan fingerprint density at radius 1 is 1.15 bits per heavy atom. The molecule has 0 saturated carbocycles. The maximum Gasteiger partial charge on any atom is 0.220 e. The Balaban J connectivity index is 1.80. The average molecular weight is 289 g/mol. The summed E-state index contributed by atoms with van der Waals surface area (Å²) in [5.41, 5.74) is 8.41. The van der Waals surface area contributed by atoms with Crippen molar-refractivity contribution in [3.63, 3.8) is 0 Å². The monoisotopic (exact) mass is 288 g/mol. The molecule has 0 aromatic heterocycles. The zero-order valence-corrected chi connectivity index (χ0v) is 11.9. The molecule has 3 nitrogen and oxygen atoms in total. The minimum Gasteiger partial charge on any atom is -0.399 e. The number of halogens is 1. The Labute approximate surface area is 123 Å². The normalized spacial score (nSPS) is 10.2. The molecule has 0 aliphatic heterocycles. The molecule has 0 spiro atoms. The van der Waals surface area contributed by atoms with Gasteiger partial charge in [-0.3, -0.25) is 4.79 Å². The molecule has 104 valence electrons. The van der Waals surface area contributed by atoms with E-state index in [9.17, 15) is 4.79 Å². The summed E-state index contributed by atoms with van der Waals surface area (Å²) in [4.78, 5) is 11.8. The van der Waals surface area contributed by atoms with Crippen LogP contribution in [-0.2, 0) is 17.8 Å². The molecule has 4 heteroatoms. The highest BCUT2D eigenvalue weighted by Gasteiger charge is 2.04. The molecule has 1 amide bonds. The third-order valence-corrected chi connectivity index (χ3v) is 3.39. The van der Waals surface area contributed by atoms with Crippen LogP contribution in [0.25, 0.3) is 0 Å². The second-order valence-corrected chi connectivity index (χ2v) is 5.02. The number of anilines is 1. The molecule has 0 bridgehead atoms. The van der Waals surface area contributed by atoms with Crippen molar-refractivity contribution >= 4 is 23.2 Å². The predicted octanol–water partition coefficient (Wildman–Crippen LogP) is 3.17. The number of hydrogen-bond donors (Lipinski definition) is 2. The summed E-state index contributed by atoms with van der Waals surface area (Å²) < 4.78 is 0. The van der Waals surface area contributed by atoms with Crippen LogP contribution in [0.2, 0.25) is 5.02 Å². The van der Waals surface area contributed by atoms with Crippen LogP contribution in [0, 0.1) is 0 Å². The van der Waals surface area contributed by atoms with Crippen LogP contribution in [-0.4, -0.2) is 5.91 Å². The summed E-state index contributed by atoms with van der Waals surface area (Å²) in [6.45, 7) is 0.454. The van der Waals surface area contributed by atoms with Crippen LogP contribution in [0.15, 0.2) is 48.5 Å². The van der Waals surface area contributed by atoms with Crippen LogP contribution in [0.3, 0.4) is 0 Å². The molecule has 0 saturated heterocycles. The first kappa shape index (κ1) is 14.4. The van der Waals surface area contributed by atoms with Gasteiger partial charge in [-0.2, -0.15) is 0 Å². The van der Waals surface area contributed by atoms with Gasteiger partial charge in [0.1, 0.15) is 0 Å². The molecule has 2 rings (SSSR count). The van der Waals surface area contributed by atoms with Crippen molar-refractivity contribution < 1.29 is 4.79 Å². The van der Waals surface area contributed by atoms with Gasteiger partial charge in [0.25, 0.3) is 0 Å². The van der Waals surface area contributed by atoms with Gasteiger partial charge in [0, 0.05) is 23.7 Å². The Hall–Kier alpha value is -2.00. The number of nitrogens with one attached hydrogen (secondary N) is 1. The molecular formula is C16H17ClN2O. The van der Waals surface area contributed by atoms with Gasteiger partial charge in [0.15, 0.2) is 0 Å². The van der Waals surface area contributed by atoms with Crippen LogP contribution >= 0.6 is 11.6 Å². The summed E-state index contributed by atoms with van der Waals surface area (Å²) in [7, 11) is 0. The molecule has 0 unspecified atom stereocenters. The quantitative estimate of drug-likeness (QED) is 0.830. The van der Waals surface area contributed by atoms with Crippen molar-refractivity contribution in [3.05, 3.63) is 64.7 Å². The molecule has 0 heterocycles. The average Bonchev–Trinajstić information content (AvgIpc) is 2.44. The van der Waals surface area contributed by atoms with Crippen molar-refractivity contribution in [1.82, 2.24) is 5.32 Å². The molecule has 2 aromatic carbocycles. The summed E-state index contributed by atoms with van der Waals surface area (Å²) >= 11 is 6.03. The van der Waals surface area contributed by atoms with Gasteiger partial charge < -0.3 is 11.1 Å². The van der Waals surface area contributed by atoms with Gasteiger partial charge in [-0.25, -0.2) is 0 Å². The van der Waals surface area contributed by atoms with Gasteiger partial charge >= 0.3 is 0 Å². The lowest BCUT2D eigenvalue weighted by molar-refractivity contribution is -0.121. The van der Waals surface area contributed by atoms with Crippen LogP contribution in [0.1, 0.15) is 17.5 Å². The fourth-order valence-corrected chi connectivity index (χ4v) is 2.13. The highest BCUT2D eigenvalue weighted by atomic mass is 35.5. The van der Waals surface area contributed by atoms with Crippen molar-refractivity contribution in [2.24, 2.45) is 0 Å². The molecule has 0 radical (unpaired) electrons. The van der Waals surface area contributed by atoms with Crippen LogP contribution in [0.5, 0.6) is 0 Å². The molecular weight excluding hydrogens is 272 g/mol. The van der Waals surface area contributed by atoms with Crippen LogP contribution < -0.4 is 11.1 Å². The second-order valence-electron chi connectivity index (χ2n) is 4.61. The fourth-order valence-electron chi connectivity index (χ4n) is 1.93. The molecule has 0 atom stereocenters. The van der Waals surface area contributed by atoms with E-state index in [1.807, 2.05) is 48.5 Å². The number of hydrogen-bond acceptors (Lipinski definition) is 2. The summed E-state index contributed by atoms with van der Waals surface area (Å²) in [5, 5.41) is 3.54. The van der Waals surface area contributed by atoms with E-state index < -0.39 is 0 Å². The molecule has 3 N–H and O–H groups in total. The number of nitrogens with two attached hydrogens (primary N) is 1. The minimum absolute atomic E-state index is 0.00680. The lowest BCUT2D eigenvalue weighted by atomic mass is 10.1. The molecule has 0 aliphatic carbocycles. The van der Waals surface area contributed by atoms with E-state index in [0.717, 1.165) is 16.8 Å². The number of carbonyl (C=O) groups is 1. The highest BCUT2D eigenvalue weighted by molar-refractivity contribution is 6.31. The van der Waals surface area contributed by atoms with Crippen molar-refractivity contribution in [2.45, 2.75) is 19.4 Å². The predicted molar refractivity (Wildman–Crippen MR) is 82.5 cm³/mol. The van der Waals surface area contributed by atoms with E-state index in [2.05, 4.69) is 5.32 Å². The topological polar surface area (TPSA) is 55.1 Å². The van der Waals surface area contributed by atoms with Gasteiger partial charge in [-0.05, 0) is 35.7 Å². The molecule has 0 fully saturated rings. The minimum atomic E-state index is 0.00680. The van der Waals surface area contributed by atoms with Gasteiger partial charge in [0.05, 0.1) is 0 Å². The number of aryl methyl sites for hydroxylation is 1. The zero-order valence-electron chi connectivity index (χ0n) is 11.1. The SMILES string of the molecule is Nc1cccc(CCC(=O)NCc2ccccc2Cl)c1.